The van der Waals surface area contributed by atoms with Gasteiger partial charge in [0.2, 0.25) is 0 Å². The minimum atomic E-state index is -0.625. The Morgan fingerprint density at radius 3 is 2.67 bits per heavy atom. The van der Waals surface area contributed by atoms with Crippen LogP contribution >= 0.6 is 15.9 Å². The third-order valence-corrected chi connectivity index (χ3v) is 2.70. The number of rotatable bonds is 1. The van der Waals surface area contributed by atoms with E-state index in [4.69, 9.17) is 5.73 Å². The fourth-order valence-electron chi connectivity index (χ4n) is 1.55. The topological polar surface area (TPSA) is 63.3 Å². The molecule has 0 aromatic heterocycles. The molecule has 2 aromatic carbocycles. The molecule has 0 radical (unpaired) electrons. The van der Waals surface area contributed by atoms with Crippen molar-refractivity contribution >= 4 is 32.6 Å². The maximum atomic E-state index is 11.2. The molecule has 0 saturated heterocycles. The van der Waals surface area contributed by atoms with Gasteiger partial charge in [0.1, 0.15) is 5.75 Å². The van der Waals surface area contributed by atoms with Gasteiger partial charge >= 0.3 is 0 Å². The summed E-state index contributed by atoms with van der Waals surface area (Å²) in [5.74, 6) is -0.710. The van der Waals surface area contributed by atoms with E-state index >= 15 is 0 Å². The maximum absolute atomic E-state index is 11.2. The Morgan fingerprint density at radius 1 is 1.27 bits per heavy atom. The van der Waals surface area contributed by atoms with Crippen molar-refractivity contribution in [3.8, 4) is 5.75 Å². The van der Waals surface area contributed by atoms with Gasteiger partial charge in [0.25, 0.3) is 5.91 Å². The van der Waals surface area contributed by atoms with E-state index in [9.17, 15) is 9.90 Å². The van der Waals surface area contributed by atoms with Crippen molar-refractivity contribution in [1.29, 1.82) is 0 Å². The Labute approximate surface area is 94.6 Å². The van der Waals surface area contributed by atoms with E-state index in [1.54, 1.807) is 18.2 Å². The number of carbonyl (C=O) groups is 1. The van der Waals surface area contributed by atoms with Gasteiger partial charge in [-0.1, -0.05) is 28.1 Å². The first-order valence-corrected chi connectivity index (χ1v) is 5.10. The van der Waals surface area contributed by atoms with Crippen molar-refractivity contribution in [1.82, 2.24) is 0 Å². The Morgan fingerprint density at radius 2 is 2.00 bits per heavy atom. The second-order valence-electron chi connectivity index (χ2n) is 3.19. The Bertz CT molecular complexity index is 552. The molecule has 2 rings (SSSR count). The van der Waals surface area contributed by atoms with E-state index in [-0.39, 0.29) is 11.3 Å². The molecule has 0 spiro atoms. The Hall–Kier alpha value is -1.55. The summed E-state index contributed by atoms with van der Waals surface area (Å²) in [7, 11) is 0. The summed E-state index contributed by atoms with van der Waals surface area (Å²) in [4.78, 5) is 11.2. The molecule has 0 aliphatic carbocycles. The first-order valence-electron chi connectivity index (χ1n) is 4.30. The number of phenols is 1. The van der Waals surface area contributed by atoms with Gasteiger partial charge in [0.05, 0.1) is 5.56 Å². The second kappa shape index (κ2) is 3.55. The first-order chi connectivity index (χ1) is 7.09. The van der Waals surface area contributed by atoms with Gasteiger partial charge in [-0.2, -0.15) is 0 Å². The Kier molecular flexibility index (Phi) is 2.36. The molecule has 15 heavy (non-hydrogen) atoms. The molecule has 4 heteroatoms. The smallest absolute Gasteiger partial charge is 0.253 e. The minimum absolute atomic E-state index is 0.0858. The van der Waals surface area contributed by atoms with Crippen LogP contribution in [0.1, 0.15) is 10.4 Å². The molecule has 1 amide bonds. The van der Waals surface area contributed by atoms with E-state index in [1.807, 2.05) is 6.07 Å². The molecule has 3 nitrogen and oxygen atoms in total. The van der Waals surface area contributed by atoms with Crippen molar-refractivity contribution in [2.45, 2.75) is 0 Å². The summed E-state index contributed by atoms with van der Waals surface area (Å²) in [6.07, 6.45) is 0. The summed E-state index contributed by atoms with van der Waals surface area (Å²) in [6, 6.07) is 8.62. The number of hydrogen-bond acceptors (Lipinski definition) is 2. The van der Waals surface area contributed by atoms with Gasteiger partial charge in [-0.15, -0.1) is 0 Å². The van der Waals surface area contributed by atoms with Crippen molar-refractivity contribution in [2.24, 2.45) is 5.73 Å². The van der Waals surface area contributed by atoms with Gasteiger partial charge in [0.15, 0.2) is 0 Å². The average Bonchev–Trinajstić information content (AvgIpc) is 2.17. The van der Waals surface area contributed by atoms with Gasteiger partial charge in [-0.05, 0) is 29.0 Å². The number of aromatic hydroxyl groups is 1. The number of halogens is 1. The van der Waals surface area contributed by atoms with Crippen LogP contribution in [-0.4, -0.2) is 11.0 Å². The molecule has 2 aromatic rings. The summed E-state index contributed by atoms with van der Waals surface area (Å²) < 4.78 is 0.913. The van der Waals surface area contributed by atoms with Crippen molar-refractivity contribution in [3.63, 3.8) is 0 Å². The summed E-state index contributed by atoms with van der Waals surface area (Å²) in [6.45, 7) is 0. The van der Waals surface area contributed by atoms with Crippen LogP contribution < -0.4 is 5.73 Å². The summed E-state index contributed by atoms with van der Waals surface area (Å²) in [5.41, 5.74) is 5.37. The van der Waals surface area contributed by atoms with Crippen LogP contribution in [0.15, 0.2) is 34.8 Å². The highest BCUT2D eigenvalue weighted by Crippen LogP contribution is 2.28. The molecule has 0 aliphatic heterocycles. The maximum Gasteiger partial charge on any atom is 0.253 e. The third kappa shape index (κ3) is 1.68. The molecule has 0 unspecified atom stereocenters. The highest BCUT2D eigenvalue weighted by Gasteiger charge is 2.11. The molecule has 76 valence electrons. The van der Waals surface area contributed by atoms with Gasteiger partial charge in [-0.3, -0.25) is 4.79 Å². The predicted molar refractivity (Wildman–Crippen MR) is 61.8 cm³/mol. The third-order valence-electron chi connectivity index (χ3n) is 2.21. The van der Waals surface area contributed by atoms with Crippen LogP contribution in [0.2, 0.25) is 0 Å². The molecular weight excluding hydrogens is 258 g/mol. The minimum Gasteiger partial charge on any atom is -0.507 e. The first kappa shape index (κ1) is 9.98. The summed E-state index contributed by atoms with van der Waals surface area (Å²) in [5, 5.41) is 11.1. The van der Waals surface area contributed by atoms with Gasteiger partial charge in [-0.25, -0.2) is 0 Å². The fourth-order valence-corrected chi connectivity index (χ4v) is 1.93. The molecule has 0 atom stereocenters. The van der Waals surface area contributed by atoms with E-state index in [0.717, 1.165) is 9.86 Å². The number of nitrogens with two attached hydrogens (primary N) is 1. The molecule has 0 saturated carbocycles. The SMILES string of the molecule is NC(=O)c1c(O)ccc2cc(Br)ccc12. The van der Waals surface area contributed by atoms with Crippen LogP contribution in [0.5, 0.6) is 5.75 Å². The zero-order valence-electron chi connectivity index (χ0n) is 7.70. The highest BCUT2D eigenvalue weighted by atomic mass is 79.9. The van der Waals surface area contributed by atoms with Gasteiger partial charge in [0, 0.05) is 4.47 Å². The van der Waals surface area contributed by atoms with Crippen LogP contribution in [0.25, 0.3) is 10.8 Å². The largest absolute Gasteiger partial charge is 0.507 e. The molecule has 0 fully saturated rings. The zero-order valence-corrected chi connectivity index (χ0v) is 9.28. The van der Waals surface area contributed by atoms with Crippen molar-refractivity contribution in [3.05, 3.63) is 40.4 Å². The molecule has 0 aliphatic rings. The predicted octanol–water partition coefficient (Wildman–Crippen LogP) is 2.41. The zero-order chi connectivity index (χ0) is 11.0. The van der Waals surface area contributed by atoms with E-state index in [0.29, 0.717) is 5.39 Å². The van der Waals surface area contributed by atoms with Crippen LogP contribution in [0.3, 0.4) is 0 Å². The van der Waals surface area contributed by atoms with E-state index in [1.165, 1.54) is 6.07 Å². The lowest BCUT2D eigenvalue weighted by molar-refractivity contribution is 0.0999. The number of amides is 1. The molecule has 0 bridgehead atoms. The lowest BCUT2D eigenvalue weighted by Crippen LogP contribution is -2.11. The fraction of sp³-hybridized carbons (Fsp3) is 0. The number of carbonyl (C=O) groups excluding carboxylic acids is 1. The van der Waals surface area contributed by atoms with Crippen molar-refractivity contribution in [2.75, 3.05) is 0 Å². The number of primary amides is 1. The van der Waals surface area contributed by atoms with Crippen LogP contribution in [0, 0.1) is 0 Å². The number of benzene rings is 2. The standard InChI is InChI=1S/C11H8BrNO2/c12-7-2-3-8-6(5-7)1-4-9(14)10(8)11(13)15/h1-5,14H,(H2,13,15). The quantitative estimate of drug-likeness (QED) is 0.832. The number of hydrogen-bond donors (Lipinski definition) is 2. The molecule has 3 N–H and O–H groups in total. The normalized spacial score (nSPS) is 10.5. The van der Waals surface area contributed by atoms with Crippen molar-refractivity contribution < 1.29 is 9.90 Å². The Balaban J connectivity index is 2.88. The van der Waals surface area contributed by atoms with Crippen LogP contribution in [-0.2, 0) is 0 Å². The monoisotopic (exact) mass is 265 g/mol. The van der Waals surface area contributed by atoms with E-state index < -0.39 is 5.91 Å². The van der Waals surface area contributed by atoms with E-state index in [2.05, 4.69) is 15.9 Å². The molecular formula is C11H8BrNO2. The molecule has 0 heterocycles. The van der Waals surface area contributed by atoms with Gasteiger partial charge < -0.3 is 10.8 Å². The lowest BCUT2D eigenvalue weighted by atomic mass is 10.0. The van der Waals surface area contributed by atoms with Crippen LogP contribution in [0.4, 0.5) is 0 Å². The highest BCUT2D eigenvalue weighted by molar-refractivity contribution is 9.10. The lowest BCUT2D eigenvalue weighted by Gasteiger charge is -2.05. The second-order valence-corrected chi connectivity index (χ2v) is 4.11. The average molecular weight is 266 g/mol. The summed E-state index contributed by atoms with van der Waals surface area (Å²) >= 11 is 3.33. The number of fused-ring (bicyclic) bond motifs is 1.